The average molecular weight is 381 g/mol. The summed E-state index contributed by atoms with van der Waals surface area (Å²) in [6, 6.07) is 19.8. The Hall–Kier alpha value is -2.63. The molecule has 0 amide bonds. The fourth-order valence-corrected chi connectivity index (χ4v) is 3.35. The van der Waals surface area contributed by atoms with Crippen LogP contribution in [0.1, 0.15) is 5.56 Å². The van der Waals surface area contributed by atoms with E-state index in [0.717, 1.165) is 38.5 Å². The summed E-state index contributed by atoms with van der Waals surface area (Å²) >= 11 is 6.16. The maximum Gasteiger partial charge on any atom is 0.224 e. The van der Waals surface area contributed by atoms with Crippen LogP contribution in [0.4, 0.5) is 5.82 Å². The zero-order valence-corrected chi connectivity index (χ0v) is 15.7. The van der Waals surface area contributed by atoms with Gasteiger partial charge in [-0.1, -0.05) is 54.1 Å². The number of halogens is 1. The van der Waals surface area contributed by atoms with Crippen molar-refractivity contribution in [3.05, 3.63) is 77.6 Å². The van der Waals surface area contributed by atoms with Gasteiger partial charge in [-0.3, -0.25) is 4.90 Å². The van der Waals surface area contributed by atoms with Crippen molar-refractivity contribution < 1.29 is 4.74 Å². The van der Waals surface area contributed by atoms with Crippen molar-refractivity contribution in [2.75, 3.05) is 31.1 Å². The molecule has 138 valence electrons. The summed E-state index contributed by atoms with van der Waals surface area (Å²) in [7, 11) is 0. The quantitative estimate of drug-likeness (QED) is 0.662. The summed E-state index contributed by atoms with van der Waals surface area (Å²) in [5.41, 5.74) is 1.35. The van der Waals surface area contributed by atoms with Crippen molar-refractivity contribution in [1.82, 2.24) is 14.9 Å². The van der Waals surface area contributed by atoms with Gasteiger partial charge in [-0.15, -0.1) is 0 Å². The Morgan fingerprint density at radius 3 is 2.41 bits per heavy atom. The molecule has 2 heterocycles. The Balaban J connectivity index is 1.38. The fourth-order valence-electron chi connectivity index (χ4n) is 3.18. The van der Waals surface area contributed by atoms with Crippen molar-refractivity contribution >= 4 is 17.4 Å². The molecular weight excluding hydrogens is 360 g/mol. The first-order valence-corrected chi connectivity index (χ1v) is 9.41. The van der Waals surface area contributed by atoms with Crippen LogP contribution in [-0.2, 0) is 6.54 Å². The highest BCUT2D eigenvalue weighted by molar-refractivity contribution is 6.32. The minimum atomic E-state index is 0.500. The van der Waals surface area contributed by atoms with Crippen LogP contribution in [0, 0.1) is 0 Å². The van der Waals surface area contributed by atoms with Gasteiger partial charge in [-0.25, -0.2) is 9.97 Å². The second-order valence-corrected chi connectivity index (χ2v) is 6.90. The molecule has 0 bridgehead atoms. The van der Waals surface area contributed by atoms with Crippen molar-refractivity contribution in [2.24, 2.45) is 0 Å². The fraction of sp³-hybridized carbons (Fsp3) is 0.238. The Kier molecular flexibility index (Phi) is 5.51. The van der Waals surface area contributed by atoms with E-state index in [0.29, 0.717) is 16.7 Å². The molecule has 0 aliphatic carbocycles. The first-order valence-electron chi connectivity index (χ1n) is 9.03. The van der Waals surface area contributed by atoms with Crippen molar-refractivity contribution in [3.8, 4) is 11.6 Å². The van der Waals surface area contributed by atoms with E-state index in [4.69, 9.17) is 16.3 Å². The molecule has 1 aliphatic rings. The van der Waals surface area contributed by atoms with E-state index >= 15 is 0 Å². The van der Waals surface area contributed by atoms with Crippen LogP contribution in [0.3, 0.4) is 0 Å². The highest BCUT2D eigenvalue weighted by Crippen LogP contribution is 2.29. The predicted molar refractivity (Wildman–Crippen MR) is 107 cm³/mol. The van der Waals surface area contributed by atoms with Gasteiger partial charge in [-0.2, -0.15) is 0 Å². The third kappa shape index (κ3) is 4.56. The smallest absolute Gasteiger partial charge is 0.224 e. The lowest BCUT2D eigenvalue weighted by Gasteiger charge is -2.35. The van der Waals surface area contributed by atoms with Gasteiger partial charge in [0.15, 0.2) is 0 Å². The number of rotatable bonds is 5. The summed E-state index contributed by atoms with van der Waals surface area (Å²) in [4.78, 5) is 13.4. The molecule has 6 heteroatoms. The molecule has 0 unspecified atom stereocenters. The van der Waals surface area contributed by atoms with Crippen molar-refractivity contribution in [1.29, 1.82) is 0 Å². The summed E-state index contributed by atoms with van der Waals surface area (Å²) in [6.45, 7) is 4.84. The number of anilines is 1. The Labute approximate surface area is 164 Å². The lowest BCUT2D eigenvalue weighted by Crippen LogP contribution is -2.46. The molecule has 3 aromatic rings. The largest absolute Gasteiger partial charge is 0.437 e. The number of ether oxygens (including phenoxy) is 1. The van der Waals surface area contributed by atoms with Crippen LogP contribution in [0.15, 0.2) is 67.0 Å². The molecule has 5 nitrogen and oxygen atoms in total. The standard InChI is InChI=1S/C21H21ClN4O/c22-18-8-4-5-9-19(18)27-21-14-20(23-16-24-21)26-12-10-25(11-13-26)15-17-6-2-1-3-7-17/h1-9,14,16H,10-13,15H2. The first kappa shape index (κ1) is 17.8. The SMILES string of the molecule is Clc1ccccc1Oc1cc(N2CCN(Cc3ccccc3)CC2)ncn1. The van der Waals surface area contributed by atoms with Gasteiger partial charge < -0.3 is 9.64 Å². The number of aromatic nitrogens is 2. The second-order valence-electron chi connectivity index (χ2n) is 6.50. The van der Waals surface area contributed by atoms with Crippen LogP contribution in [-0.4, -0.2) is 41.0 Å². The third-order valence-corrected chi connectivity index (χ3v) is 4.94. The molecule has 0 N–H and O–H groups in total. The van der Waals surface area contributed by atoms with Gasteiger partial charge in [0.1, 0.15) is 17.9 Å². The monoisotopic (exact) mass is 380 g/mol. The molecule has 0 saturated carbocycles. The van der Waals surface area contributed by atoms with E-state index < -0.39 is 0 Å². The molecule has 0 spiro atoms. The molecule has 27 heavy (non-hydrogen) atoms. The van der Waals surface area contributed by atoms with Crippen LogP contribution in [0.2, 0.25) is 5.02 Å². The topological polar surface area (TPSA) is 41.5 Å². The van der Waals surface area contributed by atoms with Crippen LogP contribution in [0.25, 0.3) is 0 Å². The zero-order valence-electron chi connectivity index (χ0n) is 15.0. The minimum Gasteiger partial charge on any atom is -0.437 e. The summed E-state index contributed by atoms with van der Waals surface area (Å²) in [5, 5.41) is 0.562. The Morgan fingerprint density at radius 2 is 1.63 bits per heavy atom. The van der Waals surface area contributed by atoms with E-state index in [2.05, 4.69) is 50.1 Å². The lowest BCUT2D eigenvalue weighted by molar-refractivity contribution is 0.249. The van der Waals surface area contributed by atoms with Gasteiger partial charge in [0, 0.05) is 38.8 Å². The number of hydrogen-bond acceptors (Lipinski definition) is 5. The summed E-state index contributed by atoms with van der Waals surface area (Å²) in [6.07, 6.45) is 1.54. The molecular formula is C21H21ClN4O. The molecule has 1 aromatic heterocycles. The highest BCUT2D eigenvalue weighted by Gasteiger charge is 2.19. The molecule has 1 aliphatic heterocycles. The van der Waals surface area contributed by atoms with Crippen molar-refractivity contribution in [3.63, 3.8) is 0 Å². The van der Waals surface area contributed by atoms with Gasteiger partial charge in [0.05, 0.1) is 5.02 Å². The number of piperazine rings is 1. The van der Waals surface area contributed by atoms with Gasteiger partial charge in [0.25, 0.3) is 0 Å². The van der Waals surface area contributed by atoms with E-state index in [-0.39, 0.29) is 0 Å². The second kappa shape index (κ2) is 8.37. The van der Waals surface area contributed by atoms with Gasteiger partial charge >= 0.3 is 0 Å². The number of benzene rings is 2. The zero-order chi connectivity index (χ0) is 18.5. The van der Waals surface area contributed by atoms with E-state index in [1.54, 1.807) is 6.07 Å². The highest BCUT2D eigenvalue weighted by atomic mass is 35.5. The Morgan fingerprint density at radius 1 is 0.889 bits per heavy atom. The lowest BCUT2D eigenvalue weighted by atomic mass is 10.2. The van der Waals surface area contributed by atoms with Crippen molar-refractivity contribution in [2.45, 2.75) is 6.54 Å². The predicted octanol–water partition coefficient (Wildman–Crippen LogP) is 4.24. The molecule has 0 atom stereocenters. The van der Waals surface area contributed by atoms with Crippen LogP contribution in [0.5, 0.6) is 11.6 Å². The van der Waals surface area contributed by atoms with Gasteiger partial charge in [0.2, 0.25) is 5.88 Å². The summed E-state index contributed by atoms with van der Waals surface area (Å²) < 4.78 is 5.82. The first-order chi connectivity index (χ1) is 13.3. The Bertz CT molecular complexity index is 882. The van der Waals surface area contributed by atoms with Crippen LogP contribution < -0.4 is 9.64 Å². The van der Waals surface area contributed by atoms with Crippen LogP contribution >= 0.6 is 11.6 Å². The molecule has 0 radical (unpaired) electrons. The number of nitrogens with zero attached hydrogens (tertiary/aromatic N) is 4. The van der Waals surface area contributed by atoms with E-state index in [1.807, 2.05) is 24.3 Å². The van der Waals surface area contributed by atoms with E-state index in [1.165, 1.54) is 11.9 Å². The minimum absolute atomic E-state index is 0.500. The maximum atomic E-state index is 6.16. The molecule has 1 saturated heterocycles. The maximum absolute atomic E-state index is 6.16. The molecule has 4 rings (SSSR count). The summed E-state index contributed by atoms with van der Waals surface area (Å²) in [5.74, 6) is 1.97. The number of hydrogen-bond donors (Lipinski definition) is 0. The van der Waals surface area contributed by atoms with E-state index in [9.17, 15) is 0 Å². The molecule has 1 fully saturated rings. The normalized spacial score (nSPS) is 14.9. The third-order valence-electron chi connectivity index (χ3n) is 4.62. The number of para-hydroxylation sites is 1. The molecule has 2 aromatic carbocycles. The average Bonchev–Trinajstić information content (AvgIpc) is 2.71. The van der Waals surface area contributed by atoms with Gasteiger partial charge in [-0.05, 0) is 17.7 Å².